The van der Waals surface area contributed by atoms with Crippen molar-refractivity contribution in [2.24, 2.45) is 0 Å². The Morgan fingerprint density at radius 1 is 1.18 bits per heavy atom. The molecule has 2 aromatic carbocycles. The zero-order valence-corrected chi connectivity index (χ0v) is 17.8. The third-order valence-electron chi connectivity index (χ3n) is 5.36. The zero-order chi connectivity index (χ0) is 20.5. The van der Waals surface area contributed by atoms with Crippen molar-refractivity contribution in [2.75, 3.05) is 0 Å². The first-order valence-electron chi connectivity index (χ1n) is 10.0. The highest BCUT2D eigenvalue weighted by atomic mass is 16.5. The normalized spacial score (nSPS) is 18.6. The number of amides is 1. The van der Waals surface area contributed by atoms with Crippen LogP contribution in [0.3, 0.4) is 0 Å². The molecular formula is C24H31NO3. The van der Waals surface area contributed by atoms with Gasteiger partial charge in [0.25, 0.3) is 5.91 Å². The Labute approximate surface area is 168 Å². The highest BCUT2D eigenvalue weighted by Gasteiger charge is 2.35. The van der Waals surface area contributed by atoms with Gasteiger partial charge in [-0.2, -0.15) is 0 Å². The van der Waals surface area contributed by atoms with E-state index in [0.29, 0.717) is 6.42 Å². The summed E-state index contributed by atoms with van der Waals surface area (Å²) in [5.41, 5.74) is 4.22. The lowest BCUT2D eigenvalue weighted by atomic mass is 9.88. The molecule has 28 heavy (non-hydrogen) atoms. The molecule has 0 saturated heterocycles. The average molecular weight is 382 g/mol. The minimum atomic E-state index is -0.527. The molecular weight excluding hydrogens is 350 g/mol. The Bertz CT molecular complexity index is 872. The molecule has 1 heterocycles. The smallest absolute Gasteiger partial charge is 0.261 e. The van der Waals surface area contributed by atoms with E-state index in [2.05, 4.69) is 39.1 Å². The Hall–Kier alpha value is -2.49. The van der Waals surface area contributed by atoms with Gasteiger partial charge < -0.3 is 14.8 Å². The van der Waals surface area contributed by atoms with Crippen LogP contribution >= 0.6 is 0 Å². The van der Waals surface area contributed by atoms with Crippen LogP contribution in [0.4, 0.5) is 0 Å². The van der Waals surface area contributed by atoms with Gasteiger partial charge in [-0.05, 0) is 70.4 Å². The first-order chi connectivity index (χ1) is 13.2. The van der Waals surface area contributed by atoms with E-state index in [9.17, 15) is 4.79 Å². The molecule has 3 rings (SSSR count). The van der Waals surface area contributed by atoms with E-state index in [1.54, 1.807) is 0 Å². The van der Waals surface area contributed by atoms with Crippen LogP contribution in [0.5, 0.6) is 11.5 Å². The number of nitrogens with one attached hydrogen (secondary N) is 1. The van der Waals surface area contributed by atoms with Crippen LogP contribution in [0.15, 0.2) is 36.4 Å². The van der Waals surface area contributed by atoms with E-state index in [0.717, 1.165) is 34.6 Å². The second kappa shape index (κ2) is 7.86. The lowest BCUT2D eigenvalue weighted by molar-refractivity contribution is -0.129. The van der Waals surface area contributed by atoms with Crippen LogP contribution in [0.1, 0.15) is 61.9 Å². The Kier molecular flexibility index (Phi) is 5.69. The van der Waals surface area contributed by atoms with E-state index < -0.39 is 6.10 Å². The number of aryl methyl sites for hydroxylation is 3. The van der Waals surface area contributed by atoms with Gasteiger partial charge in [-0.15, -0.1) is 0 Å². The summed E-state index contributed by atoms with van der Waals surface area (Å²) in [6.07, 6.45) is 0.794. The lowest BCUT2D eigenvalue weighted by Gasteiger charge is -2.38. The van der Waals surface area contributed by atoms with Crippen molar-refractivity contribution in [3.05, 3.63) is 58.7 Å². The zero-order valence-electron chi connectivity index (χ0n) is 17.8. The second-order valence-electron chi connectivity index (χ2n) is 8.43. The fourth-order valence-corrected chi connectivity index (χ4v) is 3.64. The maximum Gasteiger partial charge on any atom is 0.261 e. The number of rotatable bonds is 5. The summed E-state index contributed by atoms with van der Waals surface area (Å²) in [6.45, 7) is 12.2. The monoisotopic (exact) mass is 381 g/mol. The quantitative estimate of drug-likeness (QED) is 0.775. The van der Waals surface area contributed by atoms with Gasteiger partial charge in [-0.25, -0.2) is 0 Å². The van der Waals surface area contributed by atoms with Crippen molar-refractivity contribution < 1.29 is 14.3 Å². The molecule has 4 heteroatoms. The van der Waals surface area contributed by atoms with Crippen LogP contribution in [-0.2, 0) is 4.79 Å². The van der Waals surface area contributed by atoms with Crippen molar-refractivity contribution in [3.8, 4) is 11.5 Å². The Balaban J connectivity index is 1.78. The molecule has 1 N–H and O–H groups in total. The molecule has 4 nitrogen and oxygen atoms in total. The number of carbonyl (C=O) groups is 1. The second-order valence-corrected chi connectivity index (χ2v) is 8.43. The summed E-state index contributed by atoms with van der Waals surface area (Å²) in [6, 6.07) is 12.0. The highest BCUT2D eigenvalue weighted by molar-refractivity contribution is 5.81. The number of carbonyl (C=O) groups excluding carboxylic acids is 1. The molecule has 1 amide bonds. The van der Waals surface area contributed by atoms with E-state index in [-0.39, 0.29) is 17.6 Å². The number of ether oxygens (including phenoxy) is 2. The summed E-state index contributed by atoms with van der Waals surface area (Å²) >= 11 is 0. The molecule has 0 aromatic heterocycles. The van der Waals surface area contributed by atoms with Crippen molar-refractivity contribution in [3.63, 3.8) is 0 Å². The number of hydrogen-bond donors (Lipinski definition) is 1. The molecule has 0 fully saturated rings. The van der Waals surface area contributed by atoms with E-state index in [1.165, 1.54) is 5.56 Å². The predicted molar refractivity (Wildman–Crippen MR) is 112 cm³/mol. The van der Waals surface area contributed by atoms with Gasteiger partial charge in [0.2, 0.25) is 0 Å². The molecule has 2 atom stereocenters. The van der Waals surface area contributed by atoms with Crippen molar-refractivity contribution >= 4 is 5.91 Å². The third kappa shape index (κ3) is 4.49. The summed E-state index contributed by atoms with van der Waals surface area (Å²) in [5, 5.41) is 3.21. The minimum absolute atomic E-state index is 0.0871. The van der Waals surface area contributed by atoms with Crippen molar-refractivity contribution in [1.29, 1.82) is 0 Å². The molecule has 0 aliphatic carbocycles. The summed E-state index contributed by atoms with van der Waals surface area (Å²) in [4.78, 5) is 13.0. The predicted octanol–water partition coefficient (Wildman–Crippen LogP) is 5.19. The van der Waals surface area contributed by atoms with Gasteiger partial charge in [0.05, 0.1) is 6.04 Å². The molecule has 0 spiro atoms. The van der Waals surface area contributed by atoms with Gasteiger partial charge in [0.1, 0.15) is 17.1 Å². The van der Waals surface area contributed by atoms with E-state index in [4.69, 9.17) is 9.47 Å². The summed E-state index contributed by atoms with van der Waals surface area (Å²) < 4.78 is 12.1. The molecule has 0 radical (unpaired) electrons. The fraction of sp³-hybridized carbons (Fsp3) is 0.458. The SMILES string of the molecule is CC[C@@H](Oc1ccc(C)c(C)c1)C(=O)N[C@@H]1CC(C)(C)Oc2ccc(C)cc21. The van der Waals surface area contributed by atoms with Crippen molar-refractivity contribution in [1.82, 2.24) is 5.32 Å². The van der Waals surface area contributed by atoms with E-state index >= 15 is 0 Å². The number of fused-ring (bicyclic) bond motifs is 1. The van der Waals surface area contributed by atoms with Crippen molar-refractivity contribution in [2.45, 2.75) is 72.1 Å². The molecule has 0 unspecified atom stereocenters. The molecule has 1 aliphatic rings. The van der Waals surface area contributed by atoms with Crippen LogP contribution in [0, 0.1) is 20.8 Å². The standard InChI is InChI=1S/C24H31NO3/c1-7-21(27-18-10-9-16(3)17(4)13-18)23(26)25-20-14-24(5,6)28-22-11-8-15(2)12-19(20)22/h8-13,20-21H,7,14H2,1-6H3,(H,25,26)/t20-,21-/m1/s1. The van der Waals surface area contributed by atoms with Crippen LogP contribution in [0.2, 0.25) is 0 Å². The van der Waals surface area contributed by atoms with Crippen LogP contribution < -0.4 is 14.8 Å². The van der Waals surface area contributed by atoms with Gasteiger partial charge in [0.15, 0.2) is 6.10 Å². The van der Waals surface area contributed by atoms with Crippen LogP contribution in [0.25, 0.3) is 0 Å². The number of hydrogen-bond acceptors (Lipinski definition) is 3. The largest absolute Gasteiger partial charge is 0.487 e. The molecule has 150 valence electrons. The fourth-order valence-electron chi connectivity index (χ4n) is 3.64. The van der Waals surface area contributed by atoms with E-state index in [1.807, 2.05) is 44.2 Å². The maximum absolute atomic E-state index is 13.0. The van der Waals surface area contributed by atoms with Gasteiger partial charge >= 0.3 is 0 Å². The Morgan fingerprint density at radius 2 is 1.93 bits per heavy atom. The molecule has 1 aliphatic heterocycles. The summed E-state index contributed by atoms with van der Waals surface area (Å²) in [5.74, 6) is 1.49. The van der Waals surface area contributed by atoms with Gasteiger partial charge in [0, 0.05) is 12.0 Å². The summed E-state index contributed by atoms with van der Waals surface area (Å²) in [7, 11) is 0. The van der Waals surface area contributed by atoms with Crippen LogP contribution in [-0.4, -0.2) is 17.6 Å². The average Bonchev–Trinajstić information content (AvgIpc) is 2.62. The Morgan fingerprint density at radius 3 is 2.61 bits per heavy atom. The van der Waals surface area contributed by atoms with Gasteiger partial charge in [-0.3, -0.25) is 4.79 Å². The first-order valence-corrected chi connectivity index (χ1v) is 10.0. The topological polar surface area (TPSA) is 47.6 Å². The van der Waals surface area contributed by atoms with Gasteiger partial charge in [-0.1, -0.05) is 30.7 Å². The third-order valence-corrected chi connectivity index (χ3v) is 5.36. The first kappa shape index (κ1) is 20.2. The number of benzene rings is 2. The molecule has 0 saturated carbocycles. The highest BCUT2D eigenvalue weighted by Crippen LogP contribution is 2.40. The lowest BCUT2D eigenvalue weighted by Crippen LogP contribution is -2.45. The molecule has 0 bridgehead atoms. The minimum Gasteiger partial charge on any atom is -0.487 e. The molecule has 2 aromatic rings. The maximum atomic E-state index is 13.0.